The van der Waals surface area contributed by atoms with Crippen molar-refractivity contribution in [2.75, 3.05) is 5.32 Å². The number of rotatable bonds is 3. The van der Waals surface area contributed by atoms with Crippen LogP contribution in [0.2, 0.25) is 0 Å². The molecular weight excluding hydrogens is 238 g/mol. The van der Waals surface area contributed by atoms with Crippen LogP contribution < -0.4 is 5.32 Å². The van der Waals surface area contributed by atoms with E-state index in [9.17, 15) is 4.79 Å². The minimum absolute atomic E-state index is 0.223. The standard InChI is InChI=1S/C15H15N3O/c1-10-2-6-12(7-3-10)16-15(19)14-9-8-13(17-18-14)11-4-5-11/h2-3,6-9,11H,4-5H2,1H3,(H,16,19). The van der Waals surface area contributed by atoms with Crippen LogP contribution in [0.1, 0.15) is 40.5 Å². The van der Waals surface area contributed by atoms with Gasteiger partial charge in [-0.15, -0.1) is 5.10 Å². The van der Waals surface area contributed by atoms with Crippen LogP contribution in [0, 0.1) is 6.92 Å². The van der Waals surface area contributed by atoms with E-state index in [2.05, 4.69) is 15.5 Å². The van der Waals surface area contributed by atoms with E-state index in [4.69, 9.17) is 0 Å². The van der Waals surface area contributed by atoms with Gasteiger partial charge in [-0.05, 0) is 44.0 Å². The maximum absolute atomic E-state index is 12.0. The fourth-order valence-electron chi connectivity index (χ4n) is 1.89. The number of nitrogens with one attached hydrogen (secondary N) is 1. The summed E-state index contributed by atoms with van der Waals surface area (Å²) in [6.07, 6.45) is 2.37. The molecule has 1 fully saturated rings. The highest BCUT2D eigenvalue weighted by Crippen LogP contribution is 2.38. The van der Waals surface area contributed by atoms with Gasteiger partial charge in [0.25, 0.3) is 5.91 Å². The third kappa shape index (κ3) is 2.78. The minimum Gasteiger partial charge on any atom is -0.321 e. The molecule has 0 saturated heterocycles. The topological polar surface area (TPSA) is 54.9 Å². The molecule has 0 atom stereocenters. The molecular formula is C15H15N3O. The molecule has 0 unspecified atom stereocenters. The average Bonchev–Trinajstić information content (AvgIpc) is 3.26. The van der Waals surface area contributed by atoms with Crippen LogP contribution in [-0.4, -0.2) is 16.1 Å². The Kier molecular flexibility index (Phi) is 2.99. The summed E-state index contributed by atoms with van der Waals surface area (Å²) in [5.74, 6) is 0.334. The van der Waals surface area contributed by atoms with Crippen LogP contribution in [0.4, 0.5) is 5.69 Å². The molecule has 1 aromatic carbocycles. The summed E-state index contributed by atoms with van der Waals surface area (Å²) in [7, 11) is 0. The van der Waals surface area contributed by atoms with Crippen LogP contribution in [0.15, 0.2) is 36.4 Å². The van der Waals surface area contributed by atoms with Gasteiger partial charge in [-0.1, -0.05) is 17.7 Å². The van der Waals surface area contributed by atoms with E-state index in [0.717, 1.165) is 16.9 Å². The van der Waals surface area contributed by atoms with Crippen LogP contribution in [0.25, 0.3) is 0 Å². The van der Waals surface area contributed by atoms with E-state index in [1.54, 1.807) is 6.07 Å². The quantitative estimate of drug-likeness (QED) is 0.915. The molecule has 0 bridgehead atoms. The van der Waals surface area contributed by atoms with Crippen molar-refractivity contribution >= 4 is 11.6 Å². The van der Waals surface area contributed by atoms with Gasteiger partial charge < -0.3 is 5.32 Å². The highest BCUT2D eigenvalue weighted by Gasteiger charge is 2.25. The van der Waals surface area contributed by atoms with Crippen molar-refractivity contribution < 1.29 is 4.79 Å². The lowest BCUT2D eigenvalue weighted by Gasteiger charge is -2.05. The van der Waals surface area contributed by atoms with Crippen LogP contribution in [0.5, 0.6) is 0 Å². The monoisotopic (exact) mass is 253 g/mol. The van der Waals surface area contributed by atoms with Crippen molar-refractivity contribution in [3.63, 3.8) is 0 Å². The number of carbonyl (C=O) groups excluding carboxylic acids is 1. The molecule has 1 amide bonds. The van der Waals surface area contributed by atoms with Crippen LogP contribution in [-0.2, 0) is 0 Å². The molecule has 96 valence electrons. The van der Waals surface area contributed by atoms with Crippen molar-refractivity contribution in [2.45, 2.75) is 25.7 Å². The summed E-state index contributed by atoms with van der Waals surface area (Å²) in [5.41, 5.74) is 3.27. The lowest BCUT2D eigenvalue weighted by Crippen LogP contribution is -2.14. The van der Waals surface area contributed by atoms with Crippen molar-refractivity contribution in [1.82, 2.24) is 10.2 Å². The molecule has 3 rings (SSSR count). The second-order valence-corrected chi connectivity index (χ2v) is 4.94. The van der Waals surface area contributed by atoms with Gasteiger partial charge >= 0.3 is 0 Å². The SMILES string of the molecule is Cc1ccc(NC(=O)c2ccc(C3CC3)nn2)cc1. The summed E-state index contributed by atoms with van der Waals surface area (Å²) in [6, 6.07) is 11.3. The summed E-state index contributed by atoms with van der Waals surface area (Å²) in [4.78, 5) is 12.0. The van der Waals surface area contributed by atoms with E-state index in [1.807, 2.05) is 37.3 Å². The zero-order valence-electron chi connectivity index (χ0n) is 10.8. The largest absolute Gasteiger partial charge is 0.321 e. The zero-order chi connectivity index (χ0) is 13.2. The molecule has 2 aromatic rings. The van der Waals surface area contributed by atoms with Gasteiger partial charge in [0.05, 0.1) is 5.69 Å². The Morgan fingerprint density at radius 2 is 1.84 bits per heavy atom. The molecule has 1 saturated carbocycles. The van der Waals surface area contributed by atoms with Gasteiger partial charge in [0.15, 0.2) is 5.69 Å². The highest BCUT2D eigenvalue weighted by atomic mass is 16.1. The average molecular weight is 253 g/mol. The van der Waals surface area contributed by atoms with Crippen molar-refractivity contribution in [1.29, 1.82) is 0 Å². The van der Waals surface area contributed by atoms with Gasteiger partial charge in [-0.25, -0.2) is 0 Å². The Morgan fingerprint density at radius 3 is 2.42 bits per heavy atom. The summed E-state index contributed by atoms with van der Waals surface area (Å²) >= 11 is 0. The molecule has 0 spiro atoms. The molecule has 0 radical (unpaired) electrons. The smallest absolute Gasteiger partial charge is 0.276 e. The Morgan fingerprint density at radius 1 is 1.11 bits per heavy atom. The number of anilines is 1. The van der Waals surface area contributed by atoms with Crippen molar-refractivity contribution in [3.05, 3.63) is 53.3 Å². The first-order valence-corrected chi connectivity index (χ1v) is 6.44. The van der Waals surface area contributed by atoms with Gasteiger partial charge in [0, 0.05) is 11.6 Å². The number of amides is 1. The maximum Gasteiger partial charge on any atom is 0.276 e. The van der Waals surface area contributed by atoms with E-state index < -0.39 is 0 Å². The first-order chi connectivity index (χ1) is 9.22. The second-order valence-electron chi connectivity index (χ2n) is 4.94. The Balaban J connectivity index is 1.70. The third-order valence-corrected chi connectivity index (χ3v) is 3.22. The lowest BCUT2D eigenvalue weighted by molar-refractivity contribution is 0.102. The van der Waals surface area contributed by atoms with Gasteiger partial charge in [0.1, 0.15) is 0 Å². The molecule has 4 heteroatoms. The van der Waals surface area contributed by atoms with E-state index in [0.29, 0.717) is 11.6 Å². The Labute approximate surface area is 111 Å². The predicted molar refractivity (Wildman–Crippen MR) is 73.1 cm³/mol. The van der Waals surface area contributed by atoms with E-state index in [-0.39, 0.29) is 5.91 Å². The van der Waals surface area contributed by atoms with Gasteiger partial charge in [0.2, 0.25) is 0 Å². The number of hydrogen-bond donors (Lipinski definition) is 1. The minimum atomic E-state index is -0.223. The number of aryl methyl sites for hydroxylation is 1. The second kappa shape index (κ2) is 4.80. The lowest BCUT2D eigenvalue weighted by atomic mass is 10.2. The number of hydrogen-bond acceptors (Lipinski definition) is 3. The van der Waals surface area contributed by atoms with Gasteiger partial charge in [-0.2, -0.15) is 5.10 Å². The molecule has 1 heterocycles. The normalized spacial score (nSPS) is 14.2. The fraction of sp³-hybridized carbons (Fsp3) is 0.267. The molecule has 19 heavy (non-hydrogen) atoms. The highest BCUT2D eigenvalue weighted by molar-refractivity contribution is 6.02. The van der Waals surface area contributed by atoms with Crippen LogP contribution >= 0.6 is 0 Å². The summed E-state index contributed by atoms with van der Waals surface area (Å²) in [5, 5.41) is 10.9. The predicted octanol–water partition coefficient (Wildman–Crippen LogP) is 2.91. The summed E-state index contributed by atoms with van der Waals surface area (Å²) < 4.78 is 0. The molecule has 1 aliphatic rings. The number of benzene rings is 1. The Hall–Kier alpha value is -2.23. The first kappa shape index (κ1) is 11.8. The number of nitrogens with zero attached hydrogens (tertiary/aromatic N) is 2. The molecule has 1 aliphatic carbocycles. The fourth-order valence-corrected chi connectivity index (χ4v) is 1.89. The molecule has 0 aliphatic heterocycles. The molecule has 4 nitrogen and oxygen atoms in total. The Bertz CT molecular complexity index is 586. The van der Waals surface area contributed by atoms with Crippen LogP contribution in [0.3, 0.4) is 0 Å². The maximum atomic E-state index is 12.0. The number of aromatic nitrogens is 2. The molecule has 1 aromatic heterocycles. The van der Waals surface area contributed by atoms with Crippen molar-refractivity contribution in [2.24, 2.45) is 0 Å². The third-order valence-electron chi connectivity index (χ3n) is 3.22. The summed E-state index contributed by atoms with van der Waals surface area (Å²) in [6.45, 7) is 2.01. The van der Waals surface area contributed by atoms with Gasteiger partial charge in [-0.3, -0.25) is 4.79 Å². The molecule has 1 N–H and O–H groups in total. The number of carbonyl (C=O) groups is 1. The first-order valence-electron chi connectivity index (χ1n) is 6.44. The van der Waals surface area contributed by atoms with Crippen molar-refractivity contribution in [3.8, 4) is 0 Å². The zero-order valence-corrected chi connectivity index (χ0v) is 10.8. The van der Waals surface area contributed by atoms with E-state index in [1.165, 1.54) is 12.8 Å². The van der Waals surface area contributed by atoms with E-state index >= 15 is 0 Å².